The Hall–Kier alpha value is -1.39. The monoisotopic (exact) mass is 637 g/mol. The number of unbranched alkanes of at least 4 members (excludes halogenated alkanes) is 28. The summed E-state index contributed by atoms with van der Waals surface area (Å²) in [6.45, 7) is 5.75. The summed E-state index contributed by atoms with van der Waals surface area (Å²) in [4.78, 5) is 36.3. The van der Waals surface area contributed by atoms with Crippen molar-refractivity contribution < 1.29 is 23.9 Å². The molecule has 0 aromatic rings. The highest BCUT2D eigenvalue weighted by molar-refractivity contribution is 5.84. The molecule has 0 rings (SSSR count). The minimum Gasteiger partial charge on any atom is -0.461 e. The van der Waals surface area contributed by atoms with E-state index in [2.05, 4.69) is 13.8 Å². The molecule has 0 spiro atoms. The molecular formula is C40H76O5. The van der Waals surface area contributed by atoms with Crippen LogP contribution >= 0.6 is 0 Å². The second-order valence-electron chi connectivity index (χ2n) is 13.7. The molecule has 0 fully saturated rings. The summed E-state index contributed by atoms with van der Waals surface area (Å²) >= 11 is 0. The summed E-state index contributed by atoms with van der Waals surface area (Å²) in [6, 6.07) is 0. The number of rotatable bonds is 36. The Morgan fingerprint density at radius 3 is 0.956 bits per heavy atom. The van der Waals surface area contributed by atoms with Gasteiger partial charge in [0.1, 0.15) is 6.61 Å². The molecule has 0 aromatic carbocycles. The van der Waals surface area contributed by atoms with Crippen molar-refractivity contribution in [3.8, 4) is 0 Å². The number of hydrogen-bond donors (Lipinski definition) is 0. The van der Waals surface area contributed by atoms with Crippen molar-refractivity contribution in [3.63, 3.8) is 0 Å². The topological polar surface area (TPSA) is 69.7 Å². The second kappa shape index (κ2) is 35.5. The first-order chi connectivity index (χ1) is 22.0. The van der Waals surface area contributed by atoms with Crippen molar-refractivity contribution >= 4 is 17.7 Å². The molecule has 0 aliphatic heterocycles. The zero-order valence-electron chi connectivity index (χ0n) is 30.5. The van der Waals surface area contributed by atoms with Crippen molar-refractivity contribution in [1.29, 1.82) is 0 Å². The van der Waals surface area contributed by atoms with Gasteiger partial charge < -0.3 is 9.47 Å². The van der Waals surface area contributed by atoms with Crippen molar-refractivity contribution in [1.82, 2.24) is 0 Å². The zero-order valence-corrected chi connectivity index (χ0v) is 30.5. The summed E-state index contributed by atoms with van der Waals surface area (Å²) < 4.78 is 10.6. The molecule has 0 radical (unpaired) electrons. The molecule has 0 N–H and O–H groups in total. The van der Waals surface area contributed by atoms with E-state index in [1.54, 1.807) is 0 Å². The van der Waals surface area contributed by atoms with Crippen LogP contribution in [0.25, 0.3) is 0 Å². The maximum Gasteiger partial charge on any atom is 0.306 e. The number of ketones is 1. The molecule has 5 heteroatoms. The van der Waals surface area contributed by atoms with E-state index in [1.165, 1.54) is 161 Å². The maximum absolute atomic E-state index is 12.3. The Labute approximate surface area is 280 Å². The van der Waals surface area contributed by atoms with E-state index >= 15 is 0 Å². The quantitative estimate of drug-likeness (QED) is 0.0505. The van der Waals surface area contributed by atoms with Gasteiger partial charge in [-0.05, 0) is 19.8 Å². The van der Waals surface area contributed by atoms with E-state index in [4.69, 9.17) is 9.47 Å². The van der Waals surface area contributed by atoms with Crippen LogP contribution < -0.4 is 0 Å². The van der Waals surface area contributed by atoms with E-state index in [0.717, 1.165) is 38.5 Å². The lowest BCUT2D eigenvalue weighted by molar-refractivity contribution is -0.163. The van der Waals surface area contributed by atoms with Gasteiger partial charge in [-0.25, -0.2) is 0 Å². The summed E-state index contributed by atoms with van der Waals surface area (Å²) in [7, 11) is 0. The number of esters is 2. The molecule has 1 atom stereocenters. The highest BCUT2D eigenvalue weighted by Crippen LogP contribution is 2.16. The Morgan fingerprint density at radius 1 is 0.400 bits per heavy atom. The highest BCUT2D eigenvalue weighted by atomic mass is 16.6. The van der Waals surface area contributed by atoms with Crippen molar-refractivity contribution in [3.05, 3.63) is 0 Å². The number of carbonyl (C=O) groups excluding carboxylic acids is 3. The lowest BCUT2D eigenvalue weighted by Gasteiger charge is -2.15. The van der Waals surface area contributed by atoms with Crippen LogP contribution in [0, 0.1) is 0 Å². The van der Waals surface area contributed by atoms with E-state index in [-0.39, 0.29) is 24.3 Å². The fraction of sp³-hybridized carbons (Fsp3) is 0.925. The lowest BCUT2D eigenvalue weighted by atomic mass is 10.0. The first-order valence-electron chi connectivity index (χ1n) is 19.9. The third kappa shape index (κ3) is 33.8. The first-order valence-corrected chi connectivity index (χ1v) is 19.9. The third-order valence-electron chi connectivity index (χ3n) is 9.09. The van der Waals surface area contributed by atoms with Crippen molar-refractivity contribution in [2.75, 3.05) is 6.61 Å². The van der Waals surface area contributed by atoms with Gasteiger partial charge in [-0.1, -0.05) is 194 Å². The molecule has 0 heterocycles. The van der Waals surface area contributed by atoms with Gasteiger partial charge in [-0.3, -0.25) is 14.4 Å². The molecule has 0 aliphatic carbocycles. The van der Waals surface area contributed by atoms with Gasteiger partial charge in [0.15, 0.2) is 11.9 Å². The smallest absolute Gasteiger partial charge is 0.306 e. The Balaban J connectivity index is 3.61. The molecule has 0 aliphatic rings. The Kier molecular flexibility index (Phi) is 34.4. The zero-order chi connectivity index (χ0) is 33.1. The molecule has 266 valence electrons. The largest absolute Gasteiger partial charge is 0.461 e. The SMILES string of the molecule is CCCCCCCCCCCCCCCCCC(=O)OCC(OC(=O)CCCCCCCCCCCCCCCCC)C(C)=O. The molecular weight excluding hydrogens is 560 g/mol. The van der Waals surface area contributed by atoms with Crippen LogP contribution in [0.4, 0.5) is 0 Å². The first kappa shape index (κ1) is 43.6. The number of Topliss-reactive ketones (excluding diaryl/α,β-unsaturated/α-hetero) is 1. The van der Waals surface area contributed by atoms with Crippen LogP contribution in [0.5, 0.6) is 0 Å². The Morgan fingerprint density at radius 2 is 0.667 bits per heavy atom. The van der Waals surface area contributed by atoms with Gasteiger partial charge in [0.2, 0.25) is 0 Å². The molecule has 1 unspecified atom stereocenters. The standard InChI is InChI=1S/C40H76O5/c1-4-6-8-10-12-14-16-18-20-22-24-26-28-30-32-34-39(42)44-36-38(37(3)41)45-40(43)35-33-31-29-27-25-23-21-19-17-15-13-11-9-7-5-2/h38H,4-36H2,1-3H3. The van der Waals surface area contributed by atoms with Crippen LogP contribution in [0.15, 0.2) is 0 Å². The molecule has 0 saturated heterocycles. The lowest BCUT2D eigenvalue weighted by Crippen LogP contribution is -2.31. The fourth-order valence-electron chi connectivity index (χ4n) is 5.97. The average molecular weight is 637 g/mol. The third-order valence-corrected chi connectivity index (χ3v) is 9.09. The van der Waals surface area contributed by atoms with Gasteiger partial charge in [0.05, 0.1) is 0 Å². The van der Waals surface area contributed by atoms with Crippen LogP contribution in [0.1, 0.15) is 226 Å². The van der Waals surface area contributed by atoms with Gasteiger partial charge in [-0.15, -0.1) is 0 Å². The van der Waals surface area contributed by atoms with Gasteiger partial charge >= 0.3 is 11.9 Å². The fourth-order valence-corrected chi connectivity index (χ4v) is 5.97. The predicted octanol–water partition coefficient (Wildman–Crippen LogP) is 12.6. The normalized spacial score (nSPS) is 11.9. The van der Waals surface area contributed by atoms with Gasteiger partial charge in [0.25, 0.3) is 0 Å². The highest BCUT2D eigenvalue weighted by Gasteiger charge is 2.21. The second-order valence-corrected chi connectivity index (χ2v) is 13.7. The molecule has 0 saturated carbocycles. The molecule has 0 aromatic heterocycles. The van der Waals surface area contributed by atoms with Crippen LogP contribution in [-0.2, 0) is 23.9 Å². The average Bonchev–Trinajstić information content (AvgIpc) is 3.02. The summed E-state index contributed by atoms with van der Waals surface area (Å²) in [6.07, 6.45) is 38.1. The van der Waals surface area contributed by atoms with E-state index in [9.17, 15) is 14.4 Å². The summed E-state index contributed by atoms with van der Waals surface area (Å²) in [5.41, 5.74) is 0. The van der Waals surface area contributed by atoms with Crippen LogP contribution in [0.2, 0.25) is 0 Å². The minimum absolute atomic E-state index is 0.169. The number of carbonyl (C=O) groups is 3. The molecule has 5 nitrogen and oxygen atoms in total. The van der Waals surface area contributed by atoms with E-state index in [0.29, 0.717) is 12.8 Å². The van der Waals surface area contributed by atoms with Crippen molar-refractivity contribution in [2.45, 2.75) is 232 Å². The minimum atomic E-state index is -0.987. The molecule has 45 heavy (non-hydrogen) atoms. The van der Waals surface area contributed by atoms with E-state index < -0.39 is 6.10 Å². The molecule has 0 bridgehead atoms. The summed E-state index contributed by atoms with van der Waals surface area (Å²) in [5, 5.41) is 0. The predicted molar refractivity (Wildman–Crippen MR) is 191 cm³/mol. The van der Waals surface area contributed by atoms with Crippen molar-refractivity contribution in [2.24, 2.45) is 0 Å². The van der Waals surface area contributed by atoms with Gasteiger partial charge in [-0.2, -0.15) is 0 Å². The Bertz CT molecular complexity index is 661. The summed E-state index contributed by atoms with van der Waals surface area (Å²) in [5.74, 6) is -0.961. The van der Waals surface area contributed by atoms with Crippen LogP contribution in [-0.4, -0.2) is 30.4 Å². The van der Waals surface area contributed by atoms with Crippen LogP contribution in [0.3, 0.4) is 0 Å². The molecule has 0 amide bonds. The van der Waals surface area contributed by atoms with E-state index in [1.807, 2.05) is 0 Å². The number of ether oxygens (including phenoxy) is 2. The maximum atomic E-state index is 12.3. The number of hydrogen-bond acceptors (Lipinski definition) is 5. The van der Waals surface area contributed by atoms with Gasteiger partial charge in [0, 0.05) is 12.8 Å².